The molecule has 1 N–H and O–H groups in total. The minimum Gasteiger partial charge on any atom is -0.493 e. The average Bonchev–Trinajstić information content (AvgIpc) is 3.07. The van der Waals surface area contributed by atoms with Gasteiger partial charge in [0.1, 0.15) is 11.5 Å². The van der Waals surface area contributed by atoms with Gasteiger partial charge in [-0.2, -0.15) is 0 Å². The highest BCUT2D eigenvalue weighted by molar-refractivity contribution is 5.40. The number of ether oxygens (including phenoxy) is 2. The molecule has 1 aromatic rings. The first kappa shape index (κ1) is 41.8. The lowest BCUT2D eigenvalue weighted by atomic mass is 10.1. The number of unbranched alkanes of at least 4 members (excludes halogenated alkanes) is 18. The molecule has 1 rings (SSSR count). The molecule has 0 amide bonds. The molecule has 0 aliphatic carbocycles. The lowest BCUT2D eigenvalue weighted by molar-refractivity contribution is 0.257. The molecule has 0 unspecified atom stereocenters. The zero-order chi connectivity index (χ0) is 33.0. The van der Waals surface area contributed by atoms with Gasteiger partial charge in [0.05, 0.1) is 19.8 Å². The van der Waals surface area contributed by atoms with E-state index in [2.05, 4.69) is 62.5 Å². The fourth-order valence-electron chi connectivity index (χ4n) is 5.44. The zero-order valence-corrected chi connectivity index (χ0v) is 30.2. The Morgan fingerprint density at radius 2 is 0.891 bits per heavy atom. The molecule has 0 aliphatic heterocycles. The monoisotopic (exact) mass is 637 g/mol. The number of hydrogen-bond donors (Lipinski definition) is 1. The van der Waals surface area contributed by atoms with E-state index in [0.29, 0.717) is 6.61 Å². The van der Waals surface area contributed by atoms with Gasteiger partial charge in [-0.3, -0.25) is 0 Å². The van der Waals surface area contributed by atoms with Gasteiger partial charge in [0.25, 0.3) is 0 Å². The highest BCUT2D eigenvalue weighted by atomic mass is 16.5. The lowest BCUT2D eigenvalue weighted by Gasteiger charge is -2.13. The molecule has 46 heavy (non-hydrogen) atoms. The highest BCUT2D eigenvalue weighted by Gasteiger charge is 2.06. The Bertz CT molecular complexity index is 897. The minimum absolute atomic E-state index is 0.00866. The van der Waals surface area contributed by atoms with Crippen LogP contribution in [-0.4, -0.2) is 18.3 Å². The van der Waals surface area contributed by atoms with Crippen LogP contribution < -0.4 is 9.47 Å². The normalized spacial score (nSPS) is 12.1. The van der Waals surface area contributed by atoms with Crippen molar-refractivity contribution in [2.75, 3.05) is 13.2 Å². The number of benzene rings is 1. The summed E-state index contributed by atoms with van der Waals surface area (Å²) in [5, 5.41) is 9.75. The minimum atomic E-state index is -0.00866. The molecule has 0 fully saturated rings. The van der Waals surface area contributed by atoms with E-state index in [9.17, 15) is 5.11 Å². The van der Waals surface area contributed by atoms with E-state index < -0.39 is 0 Å². The molecular weight excluding hydrogens is 564 g/mol. The number of aliphatic hydroxyl groups excluding tert-OH is 1. The van der Waals surface area contributed by atoms with Gasteiger partial charge in [0.15, 0.2) is 0 Å². The van der Waals surface area contributed by atoms with Crippen LogP contribution in [0.5, 0.6) is 11.5 Å². The zero-order valence-electron chi connectivity index (χ0n) is 30.2. The van der Waals surface area contributed by atoms with Gasteiger partial charge in [0.2, 0.25) is 0 Å². The second kappa shape index (κ2) is 34.1. The van der Waals surface area contributed by atoms with Crippen LogP contribution in [0, 0.1) is 0 Å². The van der Waals surface area contributed by atoms with Crippen LogP contribution in [0.3, 0.4) is 0 Å². The molecule has 0 radical (unpaired) electrons. The summed E-state index contributed by atoms with van der Waals surface area (Å²) in [7, 11) is 0. The molecule has 0 heterocycles. The van der Waals surface area contributed by atoms with Crippen LogP contribution in [-0.2, 0) is 6.61 Å². The second-order valence-corrected chi connectivity index (χ2v) is 12.8. The van der Waals surface area contributed by atoms with Crippen LogP contribution >= 0.6 is 0 Å². The van der Waals surface area contributed by atoms with Crippen molar-refractivity contribution in [2.45, 2.75) is 175 Å². The van der Waals surface area contributed by atoms with E-state index in [-0.39, 0.29) is 6.61 Å². The van der Waals surface area contributed by atoms with Crippen LogP contribution in [0.1, 0.15) is 174 Å². The maximum atomic E-state index is 9.75. The van der Waals surface area contributed by atoms with Gasteiger partial charge in [-0.05, 0) is 89.2 Å². The fourth-order valence-corrected chi connectivity index (χ4v) is 5.44. The summed E-state index contributed by atoms with van der Waals surface area (Å²) in [4.78, 5) is 0. The Labute approximate surface area is 285 Å². The molecule has 0 atom stereocenters. The van der Waals surface area contributed by atoms with Crippen LogP contribution in [0.15, 0.2) is 66.8 Å². The first-order valence-electron chi connectivity index (χ1n) is 19.4. The average molecular weight is 637 g/mol. The quantitative estimate of drug-likeness (QED) is 0.0616. The van der Waals surface area contributed by atoms with Gasteiger partial charge in [-0.25, -0.2) is 0 Å². The maximum absolute atomic E-state index is 9.75. The van der Waals surface area contributed by atoms with Crippen molar-refractivity contribution in [2.24, 2.45) is 0 Å². The summed E-state index contributed by atoms with van der Waals surface area (Å²) in [6, 6.07) is 5.84. The van der Waals surface area contributed by atoms with E-state index in [1.54, 1.807) is 0 Å². The third-order valence-electron chi connectivity index (χ3n) is 8.43. The van der Waals surface area contributed by atoms with Gasteiger partial charge in [-0.1, -0.05) is 140 Å². The number of rotatable bonds is 33. The molecule has 0 spiro atoms. The predicted octanol–water partition coefficient (Wildman–Crippen LogP) is 13.6. The largest absolute Gasteiger partial charge is 0.493 e. The standard InChI is InChI=1S/C43H72O3/c1-3-5-7-9-11-13-15-17-19-21-23-25-27-29-31-33-37-45-42-36-35-41(40-44)43(39-42)46-38-34-32-30-28-26-24-22-20-18-16-14-12-10-8-6-4-2/h11-14,17-20,35-36,39,44H,3-10,15-16,21-34,37-38,40H2,1-2H3. The molecule has 0 saturated heterocycles. The SMILES string of the molecule is CCCCCC=CCC=CCCCCCCCCOc1ccc(CO)c(OCCCCCCCCC=CCC=CCCCCC)c1. The number of allylic oxidation sites excluding steroid dienone is 8. The molecule has 262 valence electrons. The van der Waals surface area contributed by atoms with Gasteiger partial charge >= 0.3 is 0 Å². The Hall–Kier alpha value is -2.26. The van der Waals surface area contributed by atoms with Crippen LogP contribution in [0.4, 0.5) is 0 Å². The van der Waals surface area contributed by atoms with Gasteiger partial charge < -0.3 is 14.6 Å². The number of hydrogen-bond acceptors (Lipinski definition) is 3. The summed E-state index contributed by atoms with van der Waals surface area (Å²) in [5.74, 6) is 1.60. The van der Waals surface area contributed by atoms with Crippen molar-refractivity contribution in [3.8, 4) is 11.5 Å². The third-order valence-corrected chi connectivity index (χ3v) is 8.43. The molecule has 0 aliphatic rings. The Morgan fingerprint density at radius 1 is 0.478 bits per heavy atom. The number of aliphatic hydroxyl groups is 1. The summed E-state index contributed by atoms with van der Waals surface area (Å²) >= 11 is 0. The van der Waals surface area contributed by atoms with Gasteiger partial charge in [-0.15, -0.1) is 0 Å². The van der Waals surface area contributed by atoms with E-state index in [1.165, 1.54) is 128 Å². The van der Waals surface area contributed by atoms with E-state index in [4.69, 9.17) is 9.47 Å². The summed E-state index contributed by atoms with van der Waals surface area (Å²) < 4.78 is 12.1. The lowest BCUT2D eigenvalue weighted by Crippen LogP contribution is -2.02. The summed E-state index contributed by atoms with van der Waals surface area (Å²) in [5.41, 5.74) is 0.834. The predicted molar refractivity (Wildman–Crippen MR) is 202 cm³/mol. The van der Waals surface area contributed by atoms with Crippen molar-refractivity contribution in [3.63, 3.8) is 0 Å². The Kier molecular flexibility index (Phi) is 30.9. The Balaban J connectivity index is 2.02. The van der Waals surface area contributed by atoms with Crippen LogP contribution in [0.2, 0.25) is 0 Å². The first-order chi connectivity index (χ1) is 22.8. The molecule has 0 bridgehead atoms. The Morgan fingerprint density at radius 3 is 1.35 bits per heavy atom. The van der Waals surface area contributed by atoms with Crippen molar-refractivity contribution in [1.29, 1.82) is 0 Å². The van der Waals surface area contributed by atoms with Crippen molar-refractivity contribution >= 4 is 0 Å². The molecular formula is C43H72O3. The smallest absolute Gasteiger partial charge is 0.128 e. The van der Waals surface area contributed by atoms with Crippen LogP contribution in [0.25, 0.3) is 0 Å². The van der Waals surface area contributed by atoms with Gasteiger partial charge in [0, 0.05) is 11.6 Å². The van der Waals surface area contributed by atoms with E-state index in [0.717, 1.165) is 49.4 Å². The second-order valence-electron chi connectivity index (χ2n) is 12.8. The first-order valence-corrected chi connectivity index (χ1v) is 19.4. The topological polar surface area (TPSA) is 38.7 Å². The molecule has 3 nitrogen and oxygen atoms in total. The summed E-state index contributed by atoms with van der Waals surface area (Å²) in [6.45, 7) is 5.93. The highest BCUT2D eigenvalue weighted by Crippen LogP contribution is 2.26. The molecule has 0 aromatic heterocycles. The van der Waals surface area contributed by atoms with E-state index in [1.807, 2.05) is 18.2 Å². The molecule has 0 saturated carbocycles. The summed E-state index contributed by atoms with van der Waals surface area (Å²) in [6.07, 6.45) is 48.5. The third kappa shape index (κ3) is 26.9. The van der Waals surface area contributed by atoms with Crippen molar-refractivity contribution < 1.29 is 14.6 Å². The molecule has 1 aromatic carbocycles. The van der Waals surface area contributed by atoms with Crippen molar-refractivity contribution in [3.05, 3.63) is 72.4 Å². The van der Waals surface area contributed by atoms with E-state index >= 15 is 0 Å². The fraction of sp³-hybridized carbons (Fsp3) is 0.674. The maximum Gasteiger partial charge on any atom is 0.128 e. The molecule has 3 heteroatoms. The van der Waals surface area contributed by atoms with Crippen molar-refractivity contribution in [1.82, 2.24) is 0 Å².